The molecule has 146 valence electrons. The number of carbonyl (C=O) groups excluding carboxylic acids is 2. The van der Waals surface area contributed by atoms with Gasteiger partial charge in [-0.2, -0.15) is 0 Å². The highest BCUT2D eigenvalue weighted by molar-refractivity contribution is 6.30. The number of carbonyl (C=O) groups is 2. The molecule has 2 atom stereocenters. The molecule has 0 bridgehead atoms. The van der Waals surface area contributed by atoms with Crippen molar-refractivity contribution < 1.29 is 19.8 Å². The van der Waals surface area contributed by atoms with E-state index in [1.165, 1.54) is 12.1 Å². The number of Topliss-reactive ketones (excluding diaryl/α,β-unsaturated/α-hetero) is 2. The van der Waals surface area contributed by atoms with E-state index in [4.69, 9.17) is 4.99 Å². The summed E-state index contributed by atoms with van der Waals surface area (Å²) in [6.45, 7) is 4.10. The van der Waals surface area contributed by atoms with Gasteiger partial charge in [0.05, 0.1) is 11.6 Å². The van der Waals surface area contributed by atoms with E-state index in [0.29, 0.717) is 35.3 Å². The molecule has 0 radical (unpaired) electrons. The van der Waals surface area contributed by atoms with E-state index in [9.17, 15) is 19.8 Å². The fourth-order valence-corrected chi connectivity index (χ4v) is 4.98. The second kappa shape index (κ2) is 5.89. The first-order chi connectivity index (χ1) is 13.8. The van der Waals surface area contributed by atoms with Gasteiger partial charge < -0.3 is 10.2 Å². The molecule has 0 fully saturated rings. The third-order valence-corrected chi connectivity index (χ3v) is 6.20. The fraction of sp³-hybridized carbons (Fsp3) is 0.292. The summed E-state index contributed by atoms with van der Waals surface area (Å²) in [4.78, 5) is 31.4. The number of hydrogen-bond acceptors (Lipinski definition) is 5. The van der Waals surface area contributed by atoms with Crippen LogP contribution in [0.1, 0.15) is 54.1 Å². The van der Waals surface area contributed by atoms with Crippen LogP contribution in [0, 0.1) is 11.3 Å². The summed E-state index contributed by atoms with van der Waals surface area (Å²) in [5.41, 5.74) is 3.89. The number of nitrogens with zero attached hydrogens (tertiary/aromatic N) is 1. The van der Waals surface area contributed by atoms with Crippen molar-refractivity contribution >= 4 is 17.3 Å². The van der Waals surface area contributed by atoms with Crippen LogP contribution >= 0.6 is 0 Å². The molecule has 5 heteroatoms. The number of aromatic hydroxyl groups is 2. The predicted molar refractivity (Wildman–Crippen MR) is 108 cm³/mol. The second-order valence-electron chi connectivity index (χ2n) is 8.91. The van der Waals surface area contributed by atoms with Crippen molar-refractivity contribution in [3.8, 4) is 11.5 Å². The first-order valence-corrected chi connectivity index (χ1v) is 9.77. The number of benzene rings is 2. The first kappa shape index (κ1) is 17.9. The molecule has 0 saturated carbocycles. The van der Waals surface area contributed by atoms with Crippen LogP contribution in [-0.2, 0) is 4.79 Å². The molecule has 2 aliphatic carbocycles. The highest BCUT2D eigenvalue weighted by Gasteiger charge is 2.50. The van der Waals surface area contributed by atoms with Gasteiger partial charge in [-0.05, 0) is 29.5 Å². The summed E-state index contributed by atoms with van der Waals surface area (Å²) in [6, 6.07) is 12.0. The minimum Gasteiger partial charge on any atom is -0.504 e. The summed E-state index contributed by atoms with van der Waals surface area (Å²) < 4.78 is 0. The van der Waals surface area contributed by atoms with Gasteiger partial charge in [0, 0.05) is 34.7 Å². The highest BCUT2D eigenvalue weighted by atomic mass is 16.3. The maximum absolute atomic E-state index is 13.3. The molecular weight excluding hydrogens is 366 g/mol. The summed E-state index contributed by atoms with van der Waals surface area (Å²) in [6.07, 6.45) is 1.05. The molecule has 5 rings (SSSR count). The summed E-state index contributed by atoms with van der Waals surface area (Å²) >= 11 is 0. The van der Waals surface area contributed by atoms with Crippen LogP contribution in [0.4, 0.5) is 0 Å². The monoisotopic (exact) mass is 387 g/mol. The molecule has 1 heterocycles. The third kappa shape index (κ3) is 2.57. The maximum Gasteiger partial charge on any atom is 0.173 e. The number of phenolic OH excluding ortho intramolecular Hbond substituents is 2. The van der Waals surface area contributed by atoms with E-state index in [2.05, 4.69) is 13.8 Å². The summed E-state index contributed by atoms with van der Waals surface area (Å²) in [5, 5.41) is 19.8. The van der Waals surface area contributed by atoms with E-state index in [-0.39, 0.29) is 28.5 Å². The normalized spacial score (nSPS) is 24.7. The minimum absolute atomic E-state index is 0.000343. The van der Waals surface area contributed by atoms with Gasteiger partial charge in [-0.15, -0.1) is 0 Å². The lowest BCUT2D eigenvalue weighted by Crippen LogP contribution is -2.37. The SMILES string of the molecule is CC1(C)CC(=O)C2=C(C1)N=C1c3ccccc3C(=O)[C@@H]1[C@@H]2c1ccc(O)c(O)c1. The number of phenols is 2. The Bertz CT molecular complexity index is 1160. The Balaban J connectivity index is 1.77. The Morgan fingerprint density at radius 1 is 0.931 bits per heavy atom. The minimum atomic E-state index is -0.597. The third-order valence-electron chi connectivity index (χ3n) is 6.20. The van der Waals surface area contributed by atoms with E-state index in [1.54, 1.807) is 12.1 Å². The molecule has 5 nitrogen and oxygen atoms in total. The van der Waals surface area contributed by atoms with Crippen molar-refractivity contribution in [2.45, 2.75) is 32.6 Å². The average molecular weight is 387 g/mol. The molecule has 2 aromatic carbocycles. The zero-order valence-electron chi connectivity index (χ0n) is 16.3. The van der Waals surface area contributed by atoms with E-state index < -0.39 is 11.8 Å². The molecule has 2 aromatic rings. The van der Waals surface area contributed by atoms with Crippen LogP contribution in [-0.4, -0.2) is 27.5 Å². The van der Waals surface area contributed by atoms with Gasteiger partial charge >= 0.3 is 0 Å². The Morgan fingerprint density at radius 3 is 2.38 bits per heavy atom. The van der Waals surface area contributed by atoms with Gasteiger partial charge in [0.25, 0.3) is 0 Å². The summed E-state index contributed by atoms with van der Waals surface area (Å²) in [5.74, 6) is -1.67. The molecule has 0 amide bonds. The van der Waals surface area contributed by atoms with Crippen molar-refractivity contribution in [3.05, 3.63) is 70.4 Å². The second-order valence-corrected chi connectivity index (χ2v) is 8.91. The molecule has 2 N–H and O–H groups in total. The van der Waals surface area contributed by atoms with Crippen LogP contribution < -0.4 is 0 Å². The molecule has 0 spiro atoms. The maximum atomic E-state index is 13.3. The van der Waals surface area contributed by atoms with E-state index >= 15 is 0 Å². The Kier molecular flexibility index (Phi) is 3.63. The molecule has 1 aliphatic heterocycles. The van der Waals surface area contributed by atoms with Crippen molar-refractivity contribution in [2.75, 3.05) is 0 Å². The van der Waals surface area contributed by atoms with Gasteiger partial charge in [0.2, 0.25) is 0 Å². The molecule has 29 heavy (non-hydrogen) atoms. The number of fused-ring (bicyclic) bond motifs is 3. The number of allylic oxidation sites excluding steroid dienone is 2. The van der Waals surface area contributed by atoms with Crippen LogP contribution in [0.2, 0.25) is 0 Å². The van der Waals surface area contributed by atoms with Crippen molar-refractivity contribution in [1.29, 1.82) is 0 Å². The van der Waals surface area contributed by atoms with Crippen molar-refractivity contribution in [1.82, 2.24) is 0 Å². The topological polar surface area (TPSA) is 87.0 Å². The van der Waals surface area contributed by atoms with Gasteiger partial charge in [0.1, 0.15) is 0 Å². The lowest BCUT2D eigenvalue weighted by atomic mass is 9.66. The zero-order chi connectivity index (χ0) is 20.5. The smallest absolute Gasteiger partial charge is 0.173 e. The van der Waals surface area contributed by atoms with Crippen molar-refractivity contribution in [2.24, 2.45) is 16.3 Å². The zero-order valence-corrected chi connectivity index (χ0v) is 16.3. The molecular formula is C24H21NO4. The van der Waals surface area contributed by atoms with E-state index in [1.807, 2.05) is 18.2 Å². The standard InChI is InChI=1S/C24H21NO4/c1-24(2)10-15-20(18(28)11-24)19(12-7-8-16(26)17(27)9-12)21-22(25-15)13-5-3-4-6-14(13)23(21)29/h3-9,19,21,26-27H,10-11H2,1-2H3/t19-,21-/m1/s1. The van der Waals surface area contributed by atoms with E-state index in [0.717, 1.165) is 11.3 Å². The van der Waals surface area contributed by atoms with Gasteiger partial charge in [-0.1, -0.05) is 44.2 Å². The quantitative estimate of drug-likeness (QED) is 0.720. The Hall–Kier alpha value is -3.21. The Labute approximate surface area is 168 Å². The number of hydrogen-bond donors (Lipinski definition) is 2. The van der Waals surface area contributed by atoms with Crippen LogP contribution in [0.15, 0.2) is 58.7 Å². The Morgan fingerprint density at radius 2 is 1.66 bits per heavy atom. The number of ketones is 2. The summed E-state index contributed by atoms with van der Waals surface area (Å²) in [7, 11) is 0. The molecule has 0 unspecified atom stereocenters. The van der Waals surface area contributed by atoms with Gasteiger partial charge in [-0.25, -0.2) is 0 Å². The van der Waals surface area contributed by atoms with Crippen LogP contribution in [0.3, 0.4) is 0 Å². The number of aliphatic imine (C=N–C) groups is 1. The molecule has 0 aromatic heterocycles. The molecule has 3 aliphatic rings. The lowest BCUT2D eigenvalue weighted by Gasteiger charge is -2.38. The largest absolute Gasteiger partial charge is 0.504 e. The van der Waals surface area contributed by atoms with Gasteiger partial charge in [0.15, 0.2) is 23.1 Å². The fourth-order valence-electron chi connectivity index (χ4n) is 4.98. The van der Waals surface area contributed by atoms with Crippen LogP contribution in [0.25, 0.3) is 0 Å². The predicted octanol–water partition coefficient (Wildman–Crippen LogP) is 4.14. The average Bonchev–Trinajstić information content (AvgIpc) is 2.94. The van der Waals surface area contributed by atoms with Crippen LogP contribution in [0.5, 0.6) is 11.5 Å². The molecule has 0 saturated heterocycles. The first-order valence-electron chi connectivity index (χ1n) is 9.77. The highest BCUT2D eigenvalue weighted by Crippen LogP contribution is 2.51. The van der Waals surface area contributed by atoms with Gasteiger partial charge in [-0.3, -0.25) is 14.6 Å². The number of rotatable bonds is 1. The lowest BCUT2D eigenvalue weighted by molar-refractivity contribution is -0.118. The van der Waals surface area contributed by atoms with Crippen molar-refractivity contribution in [3.63, 3.8) is 0 Å².